The summed E-state index contributed by atoms with van der Waals surface area (Å²) in [6.45, 7) is 6.35. The van der Waals surface area contributed by atoms with Crippen molar-refractivity contribution >= 4 is 30.6 Å². The highest BCUT2D eigenvalue weighted by molar-refractivity contribution is 6.36. The molecule has 0 bridgehead atoms. The van der Waals surface area contributed by atoms with E-state index in [1.165, 1.54) is 25.8 Å². The van der Waals surface area contributed by atoms with Gasteiger partial charge in [0.15, 0.2) is 5.65 Å². The van der Waals surface area contributed by atoms with Gasteiger partial charge in [-0.15, -0.1) is 0 Å². The summed E-state index contributed by atoms with van der Waals surface area (Å²) >= 11 is 0. The molecule has 0 spiro atoms. The molecule has 4 rings (SSSR count). The zero-order valence-corrected chi connectivity index (χ0v) is 17.4. The van der Waals surface area contributed by atoms with Crippen molar-refractivity contribution in [2.45, 2.75) is 45.2 Å². The molecule has 0 radical (unpaired) electrons. The zero-order valence-electron chi connectivity index (χ0n) is 17.4. The molecule has 4 heterocycles. The third kappa shape index (κ3) is 4.88. The molecule has 2 N–H and O–H groups in total. The molecule has 7 nitrogen and oxygen atoms in total. The number of aromatic nitrogens is 4. The van der Waals surface area contributed by atoms with Crippen LogP contribution in [0.1, 0.15) is 38.2 Å². The van der Waals surface area contributed by atoms with E-state index in [0.29, 0.717) is 6.54 Å². The first-order chi connectivity index (χ1) is 14.2. The van der Waals surface area contributed by atoms with Gasteiger partial charge >= 0.3 is 0 Å². The number of fused-ring (bicyclic) bond motifs is 1. The minimum Gasteiger partial charge on any atom is -0.370 e. The highest BCUT2D eigenvalue weighted by Crippen LogP contribution is 2.18. The van der Waals surface area contributed by atoms with E-state index in [0.717, 1.165) is 53.9 Å². The van der Waals surface area contributed by atoms with Gasteiger partial charge in [0, 0.05) is 50.3 Å². The summed E-state index contributed by atoms with van der Waals surface area (Å²) in [6, 6.07) is 6.77. The van der Waals surface area contributed by atoms with Crippen molar-refractivity contribution in [2.24, 2.45) is 0 Å². The fraction of sp³-hybridized carbons (Fsp3) is 0.476. The highest BCUT2D eigenvalue weighted by atomic mass is 15.3. The van der Waals surface area contributed by atoms with Crippen LogP contribution in [0.15, 0.2) is 36.8 Å². The van der Waals surface area contributed by atoms with Crippen LogP contribution in [0.2, 0.25) is 0 Å². The van der Waals surface area contributed by atoms with Crippen LogP contribution in [-0.2, 0) is 6.54 Å². The van der Waals surface area contributed by atoms with Gasteiger partial charge in [0.05, 0.1) is 0 Å². The lowest BCUT2D eigenvalue weighted by Crippen LogP contribution is -2.38. The van der Waals surface area contributed by atoms with Gasteiger partial charge in [-0.1, -0.05) is 12.5 Å². The first kappa shape index (κ1) is 19.7. The molecular weight excluding hydrogens is 361 g/mol. The molecule has 3 aromatic heterocycles. The molecule has 3 aromatic rings. The number of hydrogen-bond acceptors (Lipinski definition) is 6. The molecule has 29 heavy (non-hydrogen) atoms. The van der Waals surface area contributed by atoms with Gasteiger partial charge in [-0.3, -0.25) is 4.98 Å². The molecule has 0 amide bonds. The SMILES string of the molecule is Bc1cnn2c(NCc3cccnc3)cc(NCCCN3CCCCC3C)nc12. The maximum absolute atomic E-state index is 4.77. The van der Waals surface area contributed by atoms with Crippen molar-refractivity contribution in [1.29, 1.82) is 0 Å². The second-order valence-corrected chi connectivity index (χ2v) is 7.97. The van der Waals surface area contributed by atoms with Crippen molar-refractivity contribution in [3.05, 3.63) is 42.4 Å². The van der Waals surface area contributed by atoms with Crippen molar-refractivity contribution < 1.29 is 0 Å². The lowest BCUT2D eigenvalue weighted by Gasteiger charge is -2.33. The van der Waals surface area contributed by atoms with Gasteiger partial charge in [-0.05, 0) is 49.8 Å². The molecule has 1 fully saturated rings. The Morgan fingerprint density at radius 3 is 3.00 bits per heavy atom. The number of hydrogen-bond donors (Lipinski definition) is 2. The fourth-order valence-electron chi connectivity index (χ4n) is 3.97. The fourth-order valence-corrected chi connectivity index (χ4v) is 3.97. The van der Waals surface area contributed by atoms with Crippen molar-refractivity contribution in [2.75, 3.05) is 30.3 Å². The third-order valence-corrected chi connectivity index (χ3v) is 5.71. The Kier molecular flexibility index (Phi) is 6.29. The Hall–Kier alpha value is -2.61. The summed E-state index contributed by atoms with van der Waals surface area (Å²) in [5, 5.41) is 11.5. The number of rotatable bonds is 8. The topological polar surface area (TPSA) is 70.4 Å². The van der Waals surface area contributed by atoms with Crippen LogP contribution in [0.25, 0.3) is 5.65 Å². The summed E-state index contributed by atoms with van der Waals surface area (Å²) in [4.78, 5) is 11.6. The summed E-state index contributed by atoms with van der Waals surface area (Å²) in [5.74, 6) is 1.82. The maximum atomic E-state index is 4.77. The molecule has 0 aliphatic carbocycles. The number of nitrogens with one attached hydrogen (secondary N) is 2. The summed E-state index contributed by atoms with van der Waals surface area (Å²) in [7, 11) is 2.04. The molecule has 8 heteroatoms. The van der Waals surface area contributed by atoms with Crippen molar-refractivity contribution in [3.63, 3.8) is 0 Å². The Morgan fingerprint density at radius 1 is 1.24 bits per heavy atom. The maximum Gasteiger partial charge on any atom is 0.153 e. The minimum absolute atomic E-state index is 0.693. The quantitative estimate of drug-likeness (QED) is 0.450. The lowest BCUT2D eigenvalue weighted by atomic mass is 10.0. The second kappa shape index (κ2) is 9.26. The predicted molar refractivity (Wildman–Crippen MR) is 121 cm³/mol. The lowest BCUT2D eigenvalue weighted by molar-refractivity contribution is 0.160. The largest absolute Gasteiger partial charge is 0.370 e. The van der Waals surface area contributed by atoms with E-state index in [9.17, 15) is 0 Å². The monoisotopic (exact) mass is 391 g/mol. The third-order valence-electron chi connectivity index (χ3n) is 5.71. The molecule has 1 unspecified atom stereocenters. The Morgan fingerprint density at radius 2 is 2.17 bits per heavy atom. The van der Waals surface area contributed by atoms with E-state index in [-0.39, 0.29) is 0 Å². The van der Waals surface area contributed by atoms with Crippen molar-refractivity contribution in [1.82, 2.24) is 24.5 Å². The van der Waals surface area contributed by atoms with Crippen LogP contribution >= 0.6 is 0 Å². The minimum atomic E-state index is 0.693. The van der Waals surface area contributed by atoms with Gasteiger partial charge in [0.1, 0.15) is 19.5 Å². The summed E-state index contributed by atoms with van der Waals surface area (Å²) in [6.07, 6.45) is 10.7. The first-order valence-corrected chi connectivity index (χ1v) is 10.7. The number of piperidine rings is 1. The molecule has 1 atom stereocenters. The molecule has 1 aliphatic rings. The Balaban J connectivity index is 1.40. The predicted octanol–water partition coefficient (Wildman–Crippen LogP) is 1.67. The van der Waals surface area contributed by atoms with E-state index in [1.807, 2.05) is 36.9 Å². The molecule has 0 saturated carbocycles. The highest BCUT2D eigenvalue weighted by Gasteiger charge is 2.17. The smallest absolute Gasteiger partial charge is 0.153 e. The van der Waals surface area contributed by atoms with Gasteiger partial charge in [0.2, 0.25) is 0 Å². The van der Waals surface area contributed by atoms with E-state index in [1.54, 1.807) is 6.20 Å². The molecular formula is C21H30BN7. The van der Waals surface area contributed by atoms with Gasteiger partial charge in [-0.2, -0.15) is 9.61 Å². The van der Waals surface area contributed by atoms with Gasteiger partial charge in [0.25, 0.3) is 0 Å². The van der Waals surface area contributed by atoms with Crippen LogP contribution in [0.4, 0.5) is 11.6 Å². The molecule has 1 aliphatic heterocycles. The Bertz CT molecular complexity index is 927. The van der Waals surface area contributed by atoms with Crippen LogP contribution in [0.5, 0.6) is 0 Å². The van der Waals surface area contributed by atoms with Crippen LogP contribution in [-0.4, -0.2) is 58.0 Å². The van der Waals surface area contributed by atoms with E-state index in [4.69, 9.17) is 4.98 Å². The normalized spacial score (nSPS) is 17.5. The average molecular weight is 391 g/mol. The first-order valence-electron chi connectivity index (χ1n) is 10.7. The van der Waals surface area contributed by atoms with Crippen LogP contribution < -0.4 is 16.1 Å². The number of likely N-dealkylation sites (tertiary alicyclic amines) is 1. The number of nitrogens with zero attached hydrogens (tertiary/aromatic N) is 5. The molecule has 152 valence electrons. The molecule has 0 aromatic carbocycles. The van der Waals surface area contributed by atoms with E-state index < -0.39 is 0 Å². The Labute approximate surface area is 173 Å². The summed E-state index contributed by atoms with van der Waals surface area (Å²) in [5.41, 5.74) is 3.08. The van der Waals surface area contributed by atoms with Gasteiger partial charge < -0.3 is 15.5 Å². The average Bonchev–Trinajstić information content (AvgIpc) is 3.12. The van der Waals surface area contributed by atoms with Gasteiger partial charge in [-0.25, -0.2) is 4.98 Å². The standard InChI is InChI=1S/C21H30BN7/c1-16-6-2-3-10-28(16)11-5-9-24-19-12-20(25-14-17-7-4-8-23-13-17)29-21(27-19)18(22)15-26-29/h4,7-8,12-13,15-16,25H,2-3,5-6,9-11,14,22H2,1H3,(H,24,27). The van der Waals surface area contributed by atoms with E-state index in [2.05, 4.69) is 38.6 Å². The van der Waals surface area contributed by atoms with Crippen LogP contribution in [0, 0.1) is 0 Å². The molecule has 1 saturated heterocycles. The van der Waals surface area contributed by atoms with Crippen LogP contribution in [0.3, 0.4) is 0 Å². The van der Waals surface area contributed by atoms with Crippen molar-refractivity contribution in [3.8, 4) is 0 Å². The summed E-state index contributed by atoms with van der Waals surface area (Å²) < 4.78 is 1.87. The second-order valence-electron chi connectivity index (χ2n) is 7.97. The number of anilines is 2. The zero-order chi connectivity index (χ0) is 20.1. The van der Waals surface area contributed by atoms with E-state index >= 15 is 0 Å². The number of pyridine rings is 1.